The van der Waals surface area contributed by atoms with Gasteiger partial charge in [0, 0.05) is 18.6 Å². The van der Waals surface area contributed by atoms with Crippen LogP contribution in [-0.2, 0) is 11.3 Å². The number of nitrogens with one attached hydrogen (secondary N) is 1. The summed E-state index contributed by atoms with van der Waals surface area (Å²) >= 11 is 6.21. The highest BCUT2D eigenvalue weighted by atomic mass is 35.5. The zero-order valence-electron chi connectivity index (χ0n) is 18.0. The first-order valence-electron chi connectivity index (χ1n) is 9.90. The van der Waals surface area contributed by atoms with E-state index in [-0.39, 0.29) is 24.0 Å². The quantitative estimate of drug-likeness (QED) is 0.660. The van der Waals surface area contributed by atoms with Crippen molar-refractivity contribution in [1.82, 2.24) is 9.55 Å². The average Bonchev–Trinajstić information content (AvgIpc) is 2.67. The number of aryl methyl sites for hydroxylation is 1. The van der Waals surface area contributed by atoms with Crippen LogP contribution in [0.5, 0.6) is 5.75 Å². The van der Waals surface area contributed by atoms with E-state index in [0.717, 1.165) is 22.4 Å². The van der Waals surface area contributed by atoms with Gasteiger partial charge in [0.25, 0.3) is 11.5 Å². The van der Waals surface area contributed by atoms with Crippen LogP contribution in [0.15, 0.2) is 21.7 Å². The van der Waals surface area contributed by atoms with Gasteiger partial charge in [-0.2, -0.15) is 0 Å². The van der Waals surface area contributed by atoms with Gasteiger partial charge < -0.3 is 15.4 Å². The van der Waals surface area contributed by atoms with Gasteiger partial charge in [0.05, 0.1) is 0 Å². The first kappa shape index (κ1) is 23.5. The lowest BCUT2D eigenvalue weighted by atomic mass is 10.0. The van der Waals surface area contributed by atoms with Crippen molar-refractivity contribution in [2.24, 2.45) is 0 Å². The molecule has 30 heavy (non-hydrogen) atoms. The molecule has 8 nitrogen and oxygen atoms in total. The Hall–Kier alpha value is -2.74. The summed E-state index contributed by atoms with van der Waals surface area (Å²) in [6.07, 6.45) is 1.56. The lowest BCUT2D eigenvalue weighted by Gasteiger charge is -2.21. The number of aromatic nitrogens is 2. The Morgan fingerprint density at radius 3 is 2.60 bits per heavy atom. The molecule has 164 valence electrons. The fraction of sp³-hybridized carbons (Fsp3) is 0.476. The maximum absolute atomic E-state index is 12.7. The van der Waals surface area contributed by atoms with Gasteiger partial charge in [-0.15, -0.1) is 0 Å². The third kappa shape index (κ3) is 5.05. The molecular weight excluding hydrogens is 408 g/mol. The van der Waals surface area contributed by atoms with Gasteiger partial charge in [0.1, 0.15) is 11.6 Å². The van der Waals surface area contributed by atoms with Crippen molar-refractivity contribution < 1.29 is 9.53 Å². The molecule has 0 aliphatic heterocycles. The number of unbranched alkanes of at least 4 members (excludes halogenated alkanes) is 1. The number of aromatic amines is 1. The molecule has 0 saturated heterocycles. The summed E-state index contributed by atoms with van der Waals surface area (Å²) in [4.78, 5) is 40.5. The van der Waals surface area contributed by atoms with Crippen molar-refractivity contribution in [3.8, 4) is 5.75 Å². The molecule has 2 aromatic rings. The zero-order valence-corrected chi connectivity index (χ0v) is 18.8. The molecule has 0 aliphatic rings. The van der Waals surface area contributed by atoms with E-state index in [1.165, 1.54) is 11.6 Å². The number of ether oxygens (including phenoxy) is 1. The van der Waals surface area contributed by atoms with Crippen molar-refractivity contribution in [2.75, 3.05) is 24.3 Å². The van der Waals surface area contributed by atoms with Crippen LogP contribution >= 0.6 is 11.6 Å². The van der Waals surface area contributed by atoms with Crippen LogP contribution in [0, 0.1) is 6.92 Å². The summed E-state index contributed by atoms with van der Waals surface area (Å²) in [5, 5.41) is 0.628. The molecule has 9 heteroatoms. The summed E-state index contributed by atoms with van der Waals surface area (Å²) in [6.45, 7) is 7.89. The van der Waals surface area contributed by atoms with Gasteiger partial charge in [-0.05, 0) is 42.5 Å². The van der Waals surface area contributed by atoms with E-state index in [2.05, 4.69) is 4.98 Å². The molecule has 1 aromatic carbocycles. The van der Waals surface area contributed by atoms with Crippen molar-refractivity contribution in [3.05, 3.63) is 49.1 Å². The van der Waals surface area contributed by atoms with Gasteiger partial charge in [-0.3, -0.25) is 19.1 Å². The first-order valence-corrected chi connectivity index (χ1v) is 10.3. The highest BCUT2D eigenvalue weighted by Crippen LogP contribution is 2.32. The first-order chi connectivity index (χ1) is 14.1. The normalized spacial score (nSPS) is 11.0. The van der Waals surface area contributed by atoms with Crippen LogP contribution in [0.1, 0.15) is 50.7 Å². The molecule has 0 saturated carbocycles. The lowest BCUT2D eigenvalue weighted by Crippen LogP contribution is -2.40. The second-order valence-electron chi connectivity index (χ2n) is 7.53. The summed E-state index contributed by atoms with van der Waals surface area (Å²) in [7, 11) is 1.43. The van der Waals surface area contributed by atoms with E-state index >= 15 is 0 Å². The molecule has 0 atom stereocenters. The van der Waals surface area contributed by atoms with Crippen LogP contribution in [-0.4, -0.2) is 29.1 Å². The number of carbonyl (C=O) groups excluding carboxylic acids is 1. The number of benzene rings is 1. The average molecular weight is 437 g/mol. The van der Waals surface area contributed by atoms with Gasteiger partial charge in [-0.1, -0.05) is 38.8 Å². The Bertz CT molecular complexity index is 1040. The Morgan fingerprint density at radius 2 is 2.00 bits per heavy atom. The number of anilines is 2. The molecule has 0 bridgehead atoms. The van der Waals surface area contributed by atoms with Gasteiger partial charge >= 0.3 is 5.69 Å². The molecule has 2 rings (SSSR count). The molecule has 1 amide bonds. The Kier molecular flexibility index (Phi) is 7.72. The largest absolute Gasteiger partial charge is 0.483 e. The Labute approximate surface area is 180 Å². The highest BCUT2D eigenvalue weighted by Gasteiger charge is 2.22. The predicted molar refractivity (Wildman–Crippen MR) is 120 cm³/mol. The highest BCUT2D eigenvalue weighted by molar-refractivity contribution is 6.31. The molecule has 0 aliphatic carbocycles. The van der Waals surface area contributed by atoms with E-state index < -0.39 is 17.2 Å². The van der Waals surface area contributed by atoms with Gasteiger partial charge in [-0.25, -0.2) is 4.79 Å². The second kappa shape index (κ2) is 9.84. The maximum atomic E-state index is 12.7. The Morgan fingerprint density at radius 1 is 1.33 bits per heavy atom. The lowest BCUT2D eigenvalue weighted by molar-refractivity contribution is -0.120. The molecular formula is C21H29ClN4O4. The smallest absolute Gasteiger partial charge is 0.330 e. The number of likely N-dealkylation sites (N-methyl/N-ethyl adjacent to an activating group) is 1. The number of halogens is 1. The molecule has 0 radical (unpaired) electrons. The molecule has 0 unspecified atom stereocenters. The minimum atomic E-state index is -0.716. The number of hydrogen-bond donors (Lipinski definition) is 2. The number of carbonyl (C=O) groups is 1. The summed E-state index contributed by atoms with van der Waals surface area (Å²) in [5.41, 5.74) is 6.40. The van der Waals surface area contributed by atoms with Crippen LogP contribution < -0.4 is 26.6 Å². The number of amides is 1. The number of nitrogen functional groups attached to an aromatic ring is 1. The van der Waals surface area contributed by atoms with Crippen molar-refractivity contribution in [1.29, 1.82) is 0 Å². The number of hydrogen-bond acceptors (Lipinski definition) is 5. The maximum Gasteiger partial charge on any atom is 0.330 e. The monoisotopic (exact) mass is 436 g/mol. The minimum absolute atomic E-state index is 0.0433. The van der Waals surface area contributed by atoms with Crippen LogP contribution in [0.3, 0.4) is 0 Å². The fourth-order valence-corrected chi connectivity index (χ4v) is 3.22. The molecule has 0 spiro atoms. The predicted octanol–water partition coefficient (Wildman–Crippen LogP) is 3.05. The van der Waals surface area contributed by atoms with Crippen LogP contribution in [0.25, 0.3) is 0 Å². The van der Waals surface area contributed by atoms with Gasteiger partial charge in [0.2, 0.25) is 0 Å². The van der Waals surface area contributed by atoms with Crippen LogP contribution in [0.2, 0.25) is 5.02 Å². The van der Waals surface area contributed by atoms with E-state index in [0.29, 0.717) is 23.7 Å². The Balaban J connectivity index is 2.29. The zero-order chi connectivity index (χ0) is 22.6. The van der Waals surface area contributed by atoms with Crippen molar-refractivity contribution in [2.45, 2.75) is 53.0 Å². The standard InChI is InChI=1S/C21H29ClN4O4/c1-6-7-8-26-19(23)18(20(28)24-21(26)29)25(5)17(27)11-30-16-9-13(4)15(22)10-14(16)12(2)3/h9-10,12H,6-8,11,23H2,1-5H3,(H,24,28,29). The fourth-order valence-electron chi connectivity index (χ4n) is 3.05. The van der Waals surface area contributed by atoms with E-state index in [4.69, 9.17) is 22.1 Å². The van der Waals surface area contributed by atoms with Crippen molar-refractivity contribution in [3.63, 3.8) is 0 Å². The molecule has 1 aromatic heterocycles. The van der Waals surface area contributed by atoms with E-state index in [9.17, 15) is 14.4 Å². The van der Waals surface area contributed by atoms with E-state index in [1.54, 1.807) is 6.07 Å². The molecule has 0 fully saturated rings. The number of nitrogens with zero attached hydrogens (tertiary/aromatic N) is 2. The minimum Gasteiger partial charge on any atom is -0.483 e. The van der Waals surface area contributed by atoms with Crippen LogP contribution in [0.4, 0.5) is 11.5 Å². The van der Waals surface area contributed by atoms with Gasteiger partial charge in [0.15, 0.2) is 12.3 Å². The molecule has 3 N–H and O–H groups in total. The SMILES string of the molecule is CCCCn1c(N)c(N(C)C(=O)COc2cc(C)c(Cl)cc2C(C)C)c(=O)[nH]c1=O. The third-order valence-electron chi connectivity index (χ3n) is 4.92. The summed E-state index contributed by atoms with van der Waals surface area (Å²) < 4.78 is 7.03. The number of H-pyrrole nitrogens is 1. The third-order valence-corrected chi connectivity index (χ3v) is 5.33. The summed E-state index contributed by atoms with van der Waals surface area (Å²) in [5.74, 6) is 0.184. The number of nitrogens with two attached hydrogens (primary N) is 1. The number of rotatable bonds is 8. The van der Waals surface area contributed by atoms with Crippen molar-refractivity contribution >= 4 is 29.0 Å². The van der Waals surface area contributed by atoms with E-state index in [1.807, 2.05) is 33.8 Å². The molecule has 1 heterocycles. The summed E-state index contributed by atoms with van der Waals surface area (Å²) in [6, 6.07) is 3.62. The second-order valence-corrected chi connectivity index (χ2v) is 7.94. The topological polar surface area (TPSA) is 110 Å².